The van der Waals surface area contributed by atoms with E-state index in [-0.39, 0.29) is 12.0 Å². The predicted octanol–water partition coefficient (Wildman–Crippen LogP) is 1.46. The highest BCUT2D eigenvalue weighted by atomic mass is 16.3. The maximum absolute atomic E-state index is 9.14. The van der Waals surface area contributed by atoms with E-state index >= 15 is 0 Å². The summed E-state index contributed by atoms with van der Waals surface area (Å²) in [5, 5.41) is 9.14. The SMILES string of the molecule is CC(C)(N)C(C)(CCO)c1ccccn1. The third-order valence-corrected chi connectivity index (χ3v) is 3.26. The number of rotatable bonds is 4. The van der Waals surface area contributed by atoms with Gasteiger partial charge in [-0.05, 0) is 32.4 Å². The highest BCUT2D eigenvalue weighted by Crippen LogP contribution is 2.35. The second kappa shape index (κ2) is 4.29. The Hall–Kier alpha value is -0.930. The van der Waals surface area contributed by atoms with Crippen LogP contribution in [0.3, 0.4) is 0 Å². The molecule has 1 aromatic rings. The number of nitrogens with two attached hydrogens (primary N) is 1. The second-order valence-corrected chi connectivity index (χ2v) is 4.74. The number of aromatic nitrogens is 1. The number of aliphatic hydroxyl groups excluding tert-OH is 1. The van der Waals surface area contributed by atoms with E-state index in [1.165, 1.54) is 0 Å². The summed E-state index contributed by atoms with van der Waals surface area (Å²) in [6, 6.07) is 5.79. The summed E-state index contributed by atoms with van der Waals surface area (Å²) in [6.07, 6.45) is 2.38. The first-order chi connectivity index (χ1) is 6.92. The van der Waals surface area contributed by atoms with Crippen molar-refractivity contribution in [3.63, 3.8) is 0 Å². The Labute approximate surface area is 91.3 Å². The molecule has 84 valence electrons. The average Bonchev–Trinajstić information content (AvgIpc) is 2.18. The molecule has 0 saturated heterocycles. The molecule has 3 nitrogen and oxygen atoms in total. The zero-order valence-corrected chi connectivity index (χ0v) is 9.70. The molecule has 0 saturated carbocycles. The third-order valence-electron chi connectivity index (χ3n) is 3.26. The van der Waals surface area contributed by atoms with Gasteiger partial charge in [-0.15, -0.1) is 0 Å². The van der Waals surface area contributed by atoms with Crippen LogP contribution in [0.25, 0.3) is 0 Å². The Morgan fingerprint density at radius 1 is 1.33 bits per heavy atom. The molecule has 0 bridgehead atoms. The lowest BCUT2D eigenvalue weighted by molar-refractivity contribution is 0.187. The van der Waals surface area contributed by atoms with Crippen LogP contribution < -0.4 is 5.73 Å². The van der Waals surface area contributed by atoms with Gasteiger partial charge in [-0.1, -0.05) is 13.0 Å². The van der Waals surface area contributed by atoms with E-state index < -0.39 is 5.54 Å². The summed E-state index contributed by atoms with van der Waals surface area (Å²) in [6.45, 7) is 6.11. The van der Waals surface area contributed by atoms with Crippen LogP contribution in [0.15, 0.2) is 24.4 Å². The lowest BCUT2D eigenvalue weighted by Crippen LogP contribution is -2.53. The lowest BCUT2D eigenvalue weighted by atomic mass is 9.69. The molecule has 1 unspecified atom stereocenters. The maximum atomic E-state index is 9.14. The summed E-state index contributed by atoms with van der Waals surface area (Å²) in [4.78, 5) is 4.34. The number of aliphatic hydroxyl groups is 1. The molecule has 1 atom stereocenters. The van der Waals surface area contributed by atoms with Crippen molar-refractivity contribution in [1.29, 1.82) is 0 Å². The number of nitrogens with zero attached hydrogens (tertiary/aromatic N) is 1. The summed E-state index contributed by atoms with van der Waals surface area (Å²) in [5.74, 6) is 0. The molecule has 3 N–H and O–H groups in total. The Morgan fingerprint density at radius 2 is 2.00 bits per heavy atom. The number of hydrogen-bond donors (Lipinski definition) is 2. The van der Waals surface area contributed by atoms with Gasteiger partial charge in [0, 0.05) is 29.5 Å². The number of pyridine rings is 1. The van der Waals surface area contributed by atoms with Crippen LogP contribution in [-0.4, -0.2) is 22.2 Å². The van der Waals surface area contributed by atoms with Gasteiger partial charge in [0.25, 0.3) is 0 Å². The molecule has 0 radical (unpaired) electrons. The Balaban J connectivity index is 3.13. The minimum absolute atomic E-state index is 0.119. The van der Waals surface area contributed by atoms with Gasteiger partial charge >= 0.3 is 0 Å². The summed E-state index contributed by atoms with van der Waals surface area (Å²) in [7, 11) is 0. The highest BCUT2D eigenvalue weighted by Gasteiger charge is 2.40. The average molecular weight is 208 g/mol. The van der Waals surface area contributed by atoms with Crippen LogP contribution in [0.5, 0.6) is 0 Å². The van der Waals surface area contributed by atoms with E-state index in [1.54, 1.807) is 6.20 Å². The van der Waals surface area contributed by atoms with E-state index in [2.05, 4.69) is 4.98 Å². The minimum Gasteiger partial charge on any atom is -0.396 e. The van der Waals surface area contributed by atoms with E-state index in [1.807, 2.05) is 39.0 Å². The Bertz CT molecular complexity index is 305. The number of hydrogen-bond acceptors (Lipinski definition) is 3. The minimum atomic E-state index is -0.413. The summed E-state index contributed by atoms with van der Waals surface area (Å²) < 4.78 is 0. The topological polar surface area (TPSA) is 59.1 Å². The van der Waals surface area contributed by atoms with Crippen LogP contribution in [0, 0.1) is 0 Å². The Morgan fingerprint density at radius 3 is 2.40 bits per heavy atom. The molecule has 0 aliphatic carbocycles. The van der Waals surface area contributed by atoms with Gasteiger partial charge in [0.2, 0.25) is 0 Å². The standard InChI is InChI=1S/C12H20N2O/c1-11(2,13)12(3,7-9-15)10-6-4-5-8-14-10/h4-6,8,15H,7,9,13H2,1-3H3. The van der Waals surface area contributed by atoms with Crippen molar-refractivity contribution < 1.29 is 5.11 Å². The molecule has 1 aromatic heterocycles. The van der Waals surface area contributed by atoms with E-state index in [0.29, 0.717) is 6.42 Å². The van der Waals surface area contributed by atoms with Gasteiger partial charge in [-0.3, -0.25) is 4.98 Å². The van der Waals surface area contributed by atoms with Gasteiger partial charge < -0.3 is 10.8 Å². The molecule has 1 heterocycles. The molecule has 0 spiro atoms. The smallest absolute Gasteiger partial charge is 0.0481 e. The summed E-state index contributed by atoms with van der Waals surface area (Å²) >= 11 is 0. The van der Waals surface area contributed by atoms with Crippen molar-refractivity contribution in [2.75, 3.05) is 6.61 Å². The molecule has 0 aliphatic heterocycles. The monoisotopic (exact) mass is 208 g/mol. The van der Waals surface area contributed by atoms with Crippen LogP contribution in [0.1, 0.15) is 32.9 Å². The normalized spacial score (nSPS) is 16.1. The molecule has 0 fully saturated rings. The van der Waals surface area contributed by atoms with Crippen LogP contribution >= 0.6 is 0 Å². The molecule has 3 heteroatoms. The van der Waals surface area contributed by atoms with Crippen molar-refractivity contribution in [2.24, 2.45) is 5.73 Å². The predicted molar refractivity (Wildman–Crippen MR) is 61.6 cm³/mol. The molecule has 0 aliphatic rings. The quantitative estimate of drug-likeness (QED) is 0.787. The first-order valence-electron chi connectivity index (χ1n) is 5.23. The molecular weight excluding hydrogens is 188 g/mol. The highest BCUT2D eigenvalue weighted by molar-refractivity contribution is 5.21. The Kier molecular flexibility index (Phi) is 3.47. The van der Waals surface area contributed by atoms with Crippen molar-refractivity contribution in [3.05, 3.63) is 30.1 Å². The van der Waals surface area contributed by atoms with Crippen molar-refractivity contribution in [2.45, 2.75) is 38.1 Å². The zero-order valence-electron chi connectivity index (χ0n) is 9.70. The van der Waals surface area contributed by atoms with Crippen LogP contribution in [0.2, 0.25) is 0 Å². The first kappa shape index (κ1) is 12.1. The fourth-order valence-corrected chi connectivity index (χ4v) is 1.69. The fraction of sp³-hybridized carbons (Fsp3) is 0.583. The third kappa shape index (κ3) is 2.36. The first-order valence-corrected chi connectivity index (χ1v) is 5.23. The molecule has 15 heavy (non-hydrogen) atoms. The van der Waals surface area contributed by atoms with Gasteiger partial charge in [0.05, 0.1) is 0 Å². The summed E-state index contributed by atoms with van der Waals surface area (Å²) in [5.41, 5.74) is 6.40. The fourth-order valence-electron chi connectivity index (χ4n) is 1.69. The van der Waals surface area contributed by atoms with Gasteiger partial charge in [0.15, 0.2) is 0 Å². The lowest BCUT2D eigenvalue weighted by Gasteiger charge is -2.41. The molecular formula is C12H20N2O. The van der Waals surface area contributed by atoms with Gasteiger partial charge in [-0.25, -0.2) is 0 Å². The maximum Gasteiger partial charge on any atom is 0.0481 e. The van der Waals surface area contributed by atoms with E-state index in [4.69, 9.17) is 10.8 Å². The van der Waals surface area contributed by atoms with Crippen molar-refractivity contribution in [1.82, 2.24) is 4.98 Å². The van der Waals surface area contributed by atoms with Gasteiger partial charge in [-0.2, -0.15) is 0 Å². The van der Waals surface area contributed by atoms with E-state index in [0.717, 1.165) is 5.69 Å². The van der Waals surface area contributed by atoms with Crippen LogP contribution in [-0.2, 0) is 5.41 Å². The molecule has 0 aromatic carbocycles. The van der Waals surface area contributed by atoms with Gasteiger partial charge in [0.1, 0.15) is 0 Å². The molecule has 0 amide bonds. The van der Waals surface area contributed by atoms with E-state index in [9.17, 15) is 0 Å². The largest absolute Gasteiger partial charge is 0.396 e. The van der Waals surface area contributed by atoms with Crippen molar-refractivity contribution in [3.8, 4) is 0 Å². The van der Waals surface area contributed by atoms with Crippen molar-refractivity contribution >= 4 is 0 Å². The van der Waals surface area contributed by atoms with Crippen LogP contribution in [0.4, 0.5) is 0 Å². The zero-order chi connectivity index (χ0) is 11.5. The second-order valence-electron chi connectivity index (χ2n) is 4.74. The molecule has 1 rings (SSSR count).